The number of carboxylic acid groups (broad SMARTS) is 1. The van der Waals surface area contributed by atoms with Crippen LogP contribution >= 0.6 is 11.8 Å². The Hall–Kier alpha value is -1.87. The number of nitrogens with one attached hydrogen (secondary N) is 1. The number of hydrogen-bond acceptors (Lipinski definition) is 5. The second kappa shape index (κ2) is 5.59. The van der Waals surface area contributed by atoms with Crippen LogP contribution in [0, 0.1) is 5.41 Å². The molecule has 2 aliphatic heterocycles. The summed E-state index contributed by atoms with van der Waals surface area (Å²) in [4.78, 5) is 14.3. The van der Waals surface area contributed by atoms with Gasteiger partial charge < -0.3 is 25.4 Å². The highest BCUT2D eigenvalue weighted by atomic mass is 32.2. The molecule has 9 heteroatoms. The Bertz CT molecular complexity index is 731. The fraction of sp³-hybridized carbons (Fsp3) is 0.467. The van der Waals surface area contributed by atoms with Crippen molar-refractivity contribution in [3.8, 4) is 5.75 Å². The topological polar surface area (TPSA) is 120 Å². The number of rotatable bonds is 3. The first-order valence-corrected chi connectivity index (χ1v) is 8.84. The van der Waals surface area contributed by atoms with Gasteiger partial charge >= 0.3 is 13.1 Å². The monoisotopic (exact) mass is 347 g/mol. The highest BCUT2D eigenvalue weighted by Crippen LogP contribution is 2.60. The van der Waals surface area contributed by atoms with Gasteiger partial charge in [-0.3, -0.25) is 5.41 Å². The molecule has 3 aliphatic rings. The van der Waals surface area contributed by atoms with Crippen LogP contribution in [-0.4, -0.2) is 52.4 Å². The molecule has 0 amide bonds. The van der Waals surface area contributed by atoms with E-state index in [-0.39, 0.29) is 28.5 Å². The summed E-state index contributed by atoms with van der Waals surface area (Å²) >= 11 is 1.48. The Morgan fingerprint density at radius 1 is 1.50 bits per heavy atom. The molecule has 1 aliphatic carbocycles. The zero-order valence-corrected chi connectivity index (χ0v) is 13.8. The minimum Gasteiger partial charge on any atom is -0.535 e. The van der Waals surface area contributed by atoms with Crippen LogP contribution in [0.15, 0.2) is 17.0 Å². The molecule has 0 radical (unpaired) electrons. The highest BCUT2D eigenvalue weighted by Gasteiger charge is 2.54. The summed E-state index contributed by atoms with van der Waals surface area (Å²) in [5.41, 5.74) is 6.55. The van der Waals surface area contributed by atoms with Gasteiger partial charge in [0.05, 0.1) is 0 Å². The van der Waals surface area contributed by atoms with E-state index in [1.54, 1.807) is 4.90 Å². The molecule has 1 aromatic carbocycles. The fourth-order valence-corrected chi connectivity index (χ4v) is 4.90. The lowest BCUT2D eigenvalue weighted by Crippen LogP contribution is -2.34. The van der Waals surface area contributed by atoms with E-state index in [1.807, 2.05) is 12.1 Å². The number of carboxylic acids is 1. The van der Waals surface area contributed by atoms with Crippen molar-refractivity contribution in [1.29, 1.82) is 5.41 Å². The van der Waals surface area contributed by atoms with Crippen molar-refractivity contribution in [3.05, 3.63) is 23.3 Å². The van der Waals surface area contributed by atoms with Gasteiger partial charge in [-0.25, -0.2) is 4.79 Å². The molecule has 1 saturated carbocycles. The number of fused-ring (bicyclic) bond motifs is 3. The predicted molar refractivity (Wildman–Crippen MR) is 90.9 cm³/mol. The van der Waals surface area contributed by atoms with Gasteiger partial charge in [-0.1, -0.05) is 6.07 Å². The molecule has 0 bridgehead atoms. The van der Waals surface area contributed by atoms with Gasteiger partial charge in [-0.05, 0) is 30.4 Å². The van der Waals surface area contributed by atoms with Crippen molar-refractivity contribution in [2.45, 2.75) is 34.7 Å². The number of likely N-dealkylation sites (tertiary alicyclic amines) is 1. The lowest BCUT2D eigenvalue weighted by molar-refractivity contribution is 0.0690. The number of carbonyl (C=O) groups is 1. The fourth-order valence-electron chi connectivity index (χ4n) is 3.62. The van der Waals surface area contributed by atoms with Crippen molar-refractivity contribution < 1.29 is 19.6 Å². The average Bonchev–Trinajstić information content (AvgIpc) is 3.19. The van der Waals surface area contributed by atoms with E-state index in [2.05, 4.69) is 0 Å². The van der Waals surface area contributed by atoms with E-state index < -0.39 is 13.1 Å². The van der Waals surface area contributed by atoms with Crippen molar-refractivity contribution in [3.63, 3.8) is 0 Å². The van der Waals surface area contributed by atoms with Crippen molar-refractivity contribution in [1.82, 2.24) is 4.90 Å². The number of benzene rings is 1. The Morgan fingerprint density at radius 3 is 2.96 bits per heavy atom. The van der Waals surface area contributed by atoms with E-state index in [4.69, 9.17) is 15.8 Å². The van der Waals surface area contributed by atoms with Crippen LogP contribution in [0.1, 0.15) is 34.7 Å². The third kappa shape index (κ3) is 2.52. The molecule has 3 atom stereocenters. The van der Waals surface area contributed by atoms with Gasteiger partial charge in [0.2, 0.25) is 0 Å². The van der Waals surface area contributed by atoms with E-state index in [0.29, 0.717) is 23.7 Å². The van der Waals surface area contributed by atoms with Crippen LogP contribution < -0.4 is 10.4 Å². The lowest BCUT2D eigenvalue weighted by Gasteiger charge is -2.23. The van der Waals surface area contributed by atoms with Crippen molar-refractivity contribution in [2.75, 3.05) is 13.1 Å². The molecule has 0 spiro atoms. The molecule has 7 nitrogen and oxygen atoms in total. The maximum Gasteiger partial charge on any atom is 0.526 e. The molecular weight excluding hydrogens is 329 g/mol. The lowest BCUT2D eigenvalue weighted by atomic mass is 9.77. The van der Waals surface area contributed by atoms with Crippen molar-refractivity contribution >= 4 is 30.8 Å². The number of thioether (sulfide) groups is 1. The first kappa shape index (κ1) is 15.7. The van der Waals surface area contributed by atoms with Gasteiger partial charge in [-0.15, -0.1) is 11.8 Å². The van der Waals surface area contributed by atoms with Crippen LogP contribution in [0.2, 0.25) is 5.82 Å². The standard InChI is InChI=1S/C15H18BN3O4S/c17-15(18)19-4-3-7(6-19)24-11-2-1-8-9-5-10(9)16(22)23-13(8)12(11)14(20)21/h1-2,7,9-10,22H,3-6H2,(H3,17,18)(H,20,21)/t7-,9+,10+/m0/s1. The predicted octanol–water partition coefficient (Wildman–Crippen LogP) is 1.18. The summed E-state index contributed by atoms with van der Waals surface area (Å²) < 4.78 is 5.54. The smallest absolute Gasteiger partial charge is 0.526 e. The second-order valence-electron chi connectivity index (χ2n) is 6.54. The van der Waals surface area contributed by atoms with E-state index >= 15 is 0 Å². The minimum absolute atomic E-state index is 0.0493. The average molecular weight is 347 g/mol. The molecule has 0 aromatic heterocycles. The Labute approximate surface area is 143 Å². The zero-order chi connectivity index (χ0) is 17.0. The third-order valence-corrected chi connectivity index (χ3v) is 6.30. The van der Waals surface area contributed by atoms with Crippen LogP contribution in [0.4, 0.5) is 0 Å². The number of guanidine groups is 1. The Kier molecular flexibility index (Phi) is 3.65. The molecule has 1 aromatic rings. The summed E-state index contributed by atoms with van der Waals surface area (Å²) in [6.45, 7) is 1.34. The van der Waals surface area contributed by atoms with Crippen molar-refractivity contribution in [2.24, 2.45) is 5.73 Å². The molecule has 0 unspecified atom stereocenters. The van der Waals surface area contributed by atoms with Crippen LogP contribution in [-0.2, 0) is 0 Å². The Balaban J connectivity index is 1.63. The van der Waals surface area contributed by atoms with Crippen LogP contribution in [0.25, 0.3) is 0 Å². The van der Waals surface area contributed by atoms with Gasteiger partial charge in [0.25, 0.3) is 0 Å². The largest absolute Gasteiger partial charge is 0.535 e. The molecule has 126 valence electrons. The molecule has 2 fully saturated rings. The van der Waals surface area contributed by atoms with E-state index in [9.17, 15) is 14.9 Å². The summed E-state index contributed by atoms with van der Waals surface area (Å²) in [5.74, 6) is -0.368. The van der Waals surface area contributed by atoms with Gasteiger partial charge in [0, 0.05) is 29.1 Å². The van der Waals surface area contributed by atoms with E-state index in [0.717, 1.165) is 18.4 Å². The summed E-state index contributed by atoms with van der Waals surface area (Å²) in [5, 5.41) is 27.3. The highest BCUT2D eigenvalue weighted by molar-refractivity contribution is 8.00. The van der Waals surface area contributed by atoms with E-state index in [1.165, 1.54) is 11.8 Å². The maximum atomic E-state index is 11.8. The number of nitrogens with zero attached hydrogens (tertiary/aromatic N) is 1. The second-order valence-corrected chi connectivity index (χ2v) is 7.88. The van der Waals surface area contributed by atoms with Crippen LogP contribution in [0.5, 0.6) is 5.75 Å². The SMILES string of the molecule is N=C(N)N1CC[C@H](Sc2ccc3c(c2C(=O)O)OB(O)[C@@H]2C[C@H]32)C1. The van der Waals surface area contributed by atoms with Gasteiger partial charge in [-0.2, -0.15) is 0 Å². The third-order valence-electron chi connectivity index (χ3n) is 4.99. The first-order valence-electron chi connectivity index (χ1n) is 7.96. The van der Waals surface area contributed by atoms with Gasteiger partial charge in [0.1, 0.15) is 11.3 Å². The van der Waals surface area contributed by atoms with Gasteiger partial charge in [0.15, 0.2) is 5.96 Å². The molecular formula is C15H18BN3O4S. The molecule has 4 rings (SSSR count). The number of hydrogen-bond donors (Lipinski definition) is 4. The van der Waals surface area contributed by atoms with Crippen LogP contribution in [0.3, 0.4) is 0 Å². The minimum atomic E-state index is -1.04. The molecule has 5 N–H and O–H groups in total. The zero-order valence-electron chi connectivity index (χ0n) is 12.9. The summed E-state index contributed by atoms with van der Waals surface area (Å²) in [6.07, 6.45) is 1.69. The summed E-state index contributed by atoms with van der Waals surface area (Å²) in [6, 6.07) is 3.78. The molecule has 1 saturated heterocycles. The molecule has 2 heterocycles. The normalized spacial score (nSPS) is 27.3. The quantitative estimate of drug-likeness (QED) is 0.368. The molecule has 24 heavy (non-hydrogen) atoms. The maximum absolute atomic E-state index is 11.8. The first-order chi connectivity index (χ1) is 11.5. The summed E-state index contributed by atoms with van der Waals surface area (Å²) in [7, 11) is -0.916. The Morgan fingerprint density at radius 2 is 2.29 bits per heavy atom. The number of nitrogens with two attached hydrogens (primary N) is 1. The number of aromatic carboxylic acids is 1.